The summed E-state index contributed by atoms with van der Waals surface area (Å²) in [5, 5.41) is 21.7. The average molecular weight is 363 g/mol. The second kappa shape index (κ2) is 9.59. The number of aliphatic hydroxyl groups excluding tert-OH is 1. The fourth-order valence-corrected chi connectivity index (χ4v) is 3.29. The van der Waals surface area contributed by atoms with E-state index in [-0.39, 0.29) is 30.0 Å². The van der Waals surface area contributed by atoms with E-state index >= 15 is 0 Å². The molecule has 3 atom stereocenters. The Kier molecular flexibility index (Phi) is 7.48. The van der Waals surface area contributed by atoms with E-state index in [0.717, 1.165) is 6.42 Å². The molecule has 3 unspecified atom stereocenters. The molecule has 0 saturated carbocycles. The molecule has 1 amide bonds. The maximum atomic E-state index is 12.6. The van der Waals surface area contributed by atoms with Crippen LogP contribution in [0.3, 0.4) is 0 Å². The molecular weight excluding hydrogens is 334 g/mol. The van der Waals surface area contributed by atoms with Crippen LogP contribution in [0.1, 0.15) is 33.6 Å². The lowest BCUT2D eigenvalue weighted by atomic mass is 9.78. The van der Waals surface area contributed by atoms with Crippen molar-refractivity contribution >= 4 is 11.6 Å². The summed E-state index contributed by atoms with van der Waals surface area (Å²) in [6, 6.07) is 6.56. The maximum Gasteiger partial charge on any atom is 0.290 e. The Morgan fingerprint density at radius 2 is 2.08 bits per heavy atom. The van der Waals surface area contributed by atoms with Crippen molar-refractivity contribution in [3.63, 3.8) is 0 Å². The highest BCUT2D eigenvalue weighted by Crippen LogP contribution is 2.37. The summed E-state index contributed by atoms with van der Waals surface area (Å²) in [5.41, 5.74) is 0.332. The summed E-state index contributed by atoms with van der Waals surface area (Å²) in [5.74, 6) is 0.243. The zero-order valence-corrected chi connectivity index (χ0v) is 15.6. The third-order valence-corrected chi connectivity index (χ3v) is 4.60. The molecular formula is C20H29NO5. The summed E-state index contributed by atoms with van der Waals surface area (Å²) in [6.07, 6.45) is 2.73. The van der Waals surface area contributed by atoms with Gasteiger partial charge in [-0.05, 0) is 49.8 Å². The Hall–Kier alpha value is -2.05. The van der Waals surface area contributed by atoms with Crippen molar-refractivity contribution in [1.82, 2.24) is 0 Å². The van der Waals surface area contributed by atoms with Crippen LogP contribution in [0.15, 0.2) is 36.1 Å². The maximum absolute atomic E-state index is 12.6. The van der Waals surface area contributed by atoms with Crippen LogP contribution < -0.4 is 5.32 Å². The smallest absolute Gasteiger partial charge is 0.290 e. The summed E-state index contributed by atoms with van der Waals surface area (Å²) >= 11 is 0. The van der Waals surface area contributed by atoms with Gasteiger partial charge in [0, 0.05) is 19.1 Å². The number of hydrogen-bond acceptors (Lipinski definition) is 5. The Labute approximate surface area is 154 Å². The first-order valence-corrected chi connectivity index (χ1v) is 9.18. The van der Waals surface area contributed by atoms with Crippen molar-refractivity contribution < 1.29 is 24.5 Å². The molecule has 0 aliphatic carbocycles. The minimum atomic E-state index is -0.533. The van der Waals surface area contributed by atoms with E-state index < -0.39 is 12.2 Å². The van der Waals surface area contributed by atoms with Gasteiger partial charge in [-0.15, -0.1) is 0 Å². The van der Waals surface area contributed by atoms with E-state index in [1.807, 2.05) is 13.0 Å². The van der Waals surface area contributed by atoms with Crippen molar-refractivity contribution in [2.75, 3.05) is 18.5 Å². The first-order chi connectivity index (χ1) is 12.5. The van der Waals surface area contributed by atoms with Gasteiger partial charge in [0.1, 0.15) is 5.75 Å². The zero-order chi connectivity index (χ0) is 19.1. The molecule has 3 N–H and O–H groups in total. The standard InChI is InChI=1S/C20H29NO5/c1-4-25-20-14(8-7-11-22)15(13(2)3)12-18(26-20)19(24)21-16-9-5-6-10-17(16)23/h5-6,9-10,12-15,20,22-23H,4,7-8,11H2,1-3H3,(H,21,24). The van der Waals surface area contributed by atoms with E-state index in [4.69, 9.17) is 9.47 Å². The van der Waals surface area contributed by atoms with Gasteiger partial charge >= 0.3 is 0 Å². The molecule has 6 nitrogen and oxygen atoms in total. The highest BCUT2D eigenvalue weighted by Gasteiger charge is 2.38. The van der Waals surface area contributed by atoms with Gasteiger partial charge in [0.25, 0.3) is 5.91 Å². The van der Waals surface area contributed by atoms with Crippen LogP contribution in [-0.2, 0) is 14.3 Å². The molecule has 1 aliphatic rings. The van der Waals surface area contributed by atoms with Gasteiger partial charge in [-0.2, -0.15) is 0 Å². The number of benzene rings is 1. The van der Waals surface area contributed by atoms with Crippen molar-refractivity contribution in [2.45, 2.75) is 39.9 Å². The molecule has 144 valence electrons. The molecule has 1 aliphatic heterocycles. The molecule has 0 radical (unpaired) electrons. The predicted octanol–water partition coefficient (Wildman–Crippen LogP) is 3.27. The van der Waals surface area contributed by atoms with Crippen LogP contribution in [0, 0.1) is 17.8 Å². The number of aliphatic hydroxyl groups is 1. The fourth-order valence-electron chi connectivity index (χ4n) is 3.29. The minimum absolute atomic E-state index is 0.000139. The Morgan fingerprint density at radius 1 is 1.35 bits per heavy atom. The molecule has 0 spiro atoms. The van der Waals surface area contributed by atoms with Crippen LogP contribution >= 0.6 is 0 Å². The summed E-state index contributed by atoms with van der Waals surface area (Å²) in [4.78, 5) is 12.6. The molecule has 0 fully saturated rings. The lowest BCUT2D eigenvalue weighted by Crippen LogP contribution is -2.40. The molecule has 26 heavy (non-hydrogen) atoms. The second-order valence-electron chi connectivity index (χ2n) is 6.79. The highest BCUT2D eigenvalue weighted by atomic mass is 16.7. The van der Waals surface area contributed by atoms with Crippen molar-refractivity contribution in [3.05, 3.63) is 36.1 Å². The van der Waals surface area contributed by atoms with Crippen LogP contribution in [0.25, 0.3) is 0 Å². The van der Waals surface area contributed by atoms with Crippen molar-refractivity contribution in [1.29, 1.82) is 0 Å². The Morgan fingerprint density at radius 3 is 2.69 bits per heavy atom. The number of nitrogens with one attached hydrogen (secondary N) is 1. The minimum Gasteiger partial charge on any atom is -0.506 e. The quantitative estimate of drug-likeness (QED) is 0.617. The Bertz CT molecular complexity index is 628. The van der Waals surface area contributed by atoms with Gasteiger partial charge in [-0.1, -0.05) is 26.0 Å². The van der Waals surface area contributed by atoms with Gasteiger partial charge in [0.15, 0.2) is 5.76 Å². The number of aromatic hydroxyl groups is 1. The van der Waals surface area contributed by atoms with Gasteiger partial charge in [-0.25, -0.2) is 0 Å². The number of carbonyl (C=O) groups excluding carboxylic acids is 1. The van der Waals surface area contributed by atoms with Gasteiger partial charge < -0.3 is 25.0 Å². The number of amides is 1. The number of anilines is 1. The van der Waals surface area contributed by atoms with Gasteiger partial charge in [0.2, 0.25) is 6.29 Å². The monoisotopic (exact) mass is 363 g/mol. The fraction of sp³-hybridized carbons (Fsp3) is 0.550. The molecule has 2 rings (SSSR count). The van der Waals surface area contributed by atoms with E-state index in [0.29, 0.717) is 24.6 Å². The van der Waals surface area contributed by atoms with Gasteiger partial charge in [-0.3, -0.25) is 4.79 Å². The third kappa shape index (κ3) is 4.99. The van der Waals surface area contributed by atoms with Crippen LogP contribution in [0.5, 0.6) is 5.75 Å². The first kappa shape index (κ1) is 20.3. The number of allylic oxidation sites excluding steroid dienone is 1. The molecule has 0 aromatic heterocycles. The van der Waals surface area contributed by atoms with E-state index in [1.54, 1.807) is 18.2 Å². The van der Waals surface area contributed by atoms with E-state index in [1.165, 1.54) is 6.07 Å². The van der Waals surface area contributed by atoms with Crippen LogP contribution in [0.4, 0.5) is 5.69 Å². The van der Waals surface area contributed by atoms with Crippen LogP contribution in [0.2, 0.25) is 0 Å². The Balaban J connectivity index is 2.23. The number of phenols is 1. The van der Waals surface area contributed by atoms with Crippen molar-refractivity contribution in [2.24, 2.45) is 17.8 Å². The molecule has 0 bridgehead atoms. The van der Waals surface area contributed by atoms with E-state index in [2.05, 4.69) is 19.2 Å². The van der Waals surface area contributed by atoms with Crippen molar-refractivity contribution in [3.8, 4) is 5.75 Å². The summed E-state index contributed by atoms with van der Waals surface area (Å²) in [7, 11) is 0. The second-order valence-corrected chi connectivity index (χ2v) is 6.79. The molecule has 1 aromatic rings. The largest absolute Gasteiger partial charge is 0.506 e. The highest BCUT2D eigenvalue weighted by molar-refractivity contribution is 6.03. The number of hydrogen-bond donors (Lipinski definition) is 3. The lowest BCUT2D eigenvalue weighted by molar-refractivity contribution is -0.173. The molecule has 6 heteroatoms. The lowest BCUT2D eigenvalue weighted by Gasteiger charge is -2.38. The van der Waals surface area contributed by atoms with Gasteiger partial charge in [0.05, 0.1) is 5.69 Å². The zero-order valence-electron chi connectivity index (χ0n) is 15.6. The molecule has 1 heterocycles. The number of ether oxygens (including phenoxy) is 2. The summed E-state index contributed by atoms with van der Waals surface area (Å²) < 4.78 is 11.6. The number of carbonyl (C=O) groups is 1. The predicted molar refractivity (Wildman–Crippen MR) is 99.5 cm³/mol. The number of rotatable bonds is 8. The first-order valence-electron chi connectivity index (χ1n) is 9.18. The molecule has 0 saturated heterocycles. The molecule has 1 aromatic carbocycles. The topological polar surface area (TPSA) is 88.0 Å². The SMILES string of the molecule is CCOC1OC(C(=O)Nc2ccccc2O)=CC(C(C)C)C1CCCO. The van der Waals surface area contributed by atoms with E-state index in [9.17, 15) is 15.0 Å². The summed E-state index contributed by atoms with van der Waals surface area (Å²) in [6.45, 7) is 6.67. The average Bonchev–Trinajstić information content (AvgIpc) is 2.62. The normalized spacial score (nSPS) is 22.7. The third-order valence-electron chi connectivity index (χ3n) is 4.60. The number of para-hydroxylation sites is 2. The number of phenolic OH excluding ortho intramolecular Hbond substituents is 1. The van der Waals surface area contributed by atoms with Crippen LogP contribution in [-0.4, -0.2) is 35.6 Å².